The van der Waals surface area contributed by atoms with Crippen LogP contribution in [0.5, 0.6) is 0 Å². The van der Waals surface area contributed by atoms with Gasteiger partial charge in [-0.1, -0.05) is 0 Å². The third-order valence-electron chi connectivity index (χ3n) is 2.31. The average molecular weight is 258 g/mol. The summed E-state index contributed by atoms with van der Waals surface area (Å²) in [7, 11) is 0. The minimum absolute atomic E-state index is 0.478. The Morgan fingerprint density at radius 2 is 1.39 bits per heavy atom. The van der Waals surface area contributed by atoms with Crippen molar-refractivity contribution in [3.63, 3.8) is 0 Å². The normalized spacial score (nSPS) is 9.89. The Morgan fingerprint density at radius 3 is 1.78 bits per heavy atom. The van der Waals surface area contributed by atoms with Crippen LogP contribution in [-0.4, -0.2) is 15.1 Å². The van der Waals surface area contributed by atoms with Gasteiger partial charge in [-0.25, -0.2) is 9.97 Å². The molecule has 0 aliphatic rings. The number of nitrogens with one attached hydrogen (secondary N) is 2. The monoisotopic (exact) mass is 258 g/mol. The van der Waals surface area contributed by atoms with Gasteiger partial charge in [-0.05, 0) is 61.5 Å². The van der Waals surface area contributed by atoms with E-state index < -0.39 is 0 Å². The predicted octanol–water partition coefficient (Wildman–Crippen LogP) is 2.90. The average Bonchev–Trinajstić information content (AvgIpc) is 2.28. The molecule has 0 unspecified atom stereocenters. The van der Waals surface area contributed by atoms with Crippen molar-refractivity contribution >= 4 is 29.0 Å². The first-order valence-electron chi connectivity index (χ1n) is 5.57. The number of pyridine rings is 2. The quantitative estimate of drug-likeness (QED) is 0.811. The maximum Gasteiger partial charge on any atom is 0.177 e. The van der Waals surface area contributed by atoms with Gasteiger partial charge in [0.2, 0.25) is 0 Å². The number of thiocarbonyl (C=S) groups is 1. The molecule has 0 amide bonds. The fraction of sp³-hybridized carbons (Fsp3) is 0.154. The highest BCUT2D eigenvalue weighted by molar-refractivity contribution is 7.80. The van der Waals surface area contributed by atoms with Gasteiger partial charge in [-0.2, -0.15) is 0 Å². The van der Waals surface area contributed by atoms with E-state index >= 15 is 0 Å². The van der Waals surface area contributed by atoms with Crippen LogP contribution in [-0.2, 0) is 0 Å². The molecule has 5 heteroatoms. The van der Waals surface area contributed by atoms with Gasteiger partial charge in [-0.3, -0.25) is 0 Å². The van der Waals surface area contributed by atoms with Gasteiger partial charge < -0.3 is 10.6 Å². The standard InChI is InChI=1S/C13H14N4S/c1-9-3-5-14-11(7-9)16-13(18)17-12-8-10(2)4-6-15-12/h3-8H,1-2H3,(H2,14,15,16,17,18). The number of rotatable bonds is 2. The summed E-state index contributed by atoms with van der Waals surface area (Å²) in [6.45, 7) is 4.01. The first kappa shape index (κ1) is 12.4. The SMILES string of the molecule is Cc1ccnc(NC(=S)Nc2cc(C)ccn2)c1. The van der Waals surface area contributed by atoms with E-state index in [1.165, 1.54) is 0 Å². The van der Waals surface area contributed by atoms with Crippen molar-refractivity contribution in [2.45, 2.75) is 13.8 Å². The van der Waals surface area contributed by atoms with E-state index in [1.54, 1.807) is 12.4 Å². The maximum absolute atomic E-state index is 5.20. The molecule has 92 valence electrons. The van der Waals surface area contributed by atoms with E-state index in [0.29, 0.717) is 5.11 Å². The summed E-state index contributed by atoms with van der Waals surface area (Å²) >= 11 is 5.20. The van der Waals surface area contributed by atoms with Crippen LogP contribution < -0.4 is 10.6 Å². The summed E-state index contributed by atoms with van der Waals surface area (Å²) in [5.74, 6) is 1.44. The first-order chi connectivity index (χ1) is 8.63. The van der Waals surface area contributed by atoms with Gasteiger partial charge in [0.25, 0.3) is 0 Å². The molecule has 0 aliphatic carbocycles. The molecule has 2 aromatic heterocycles. The molecule has 2 aromatic rings. The molecule has 2 rings (SSSR count). The Balaban J connectivity index is 2.01. The molecule has 0 atom stereocenters. The molecular formula is C13H14N4S. The van der Waals surface area contributed by atoms with Crippen molar-refractivity contribution in [3.05, 3.63) is 47.8 Å². The van der Waals surface area contributed by atoms with Crippen molar-refractivity contribution in [2.75, 3.05) is 10.6 Å². The molecule has 0 radical (unpaired) electrons. The van der Waals surface area contributed by atoms with Gasteiger partial charge >= 0.3 is 0 Å². The van der Waals surface area contributed by atoms with Crippen LogP contribution in [0.25, 0.3) is 0 Å². The van der Waals surface area contributed by atoms with Crippen LogP contribution in [0.4, 0.5) is 11.6 Å². The van der Waals surface area contributed by atoms with Gasteiger partial charge in [0, 0.05) is 12.4 Å². The summed E-state index contributed by atoms with van der Waals surface area (Å²) in [6.07, 6.45) is 3.48. The molecule has 0 fully saturated rings. The smallest absolute Gasteiger partial charge is 0.177 e. The van der Waals surface area contributed by atoms with Crippen molar-refractivity contribution in [1.82, 2.24) is 9.97 Å². The molecule has 0 aliphatic heterocycles. The van der Waals surface area contributed by atoms with Gasteiger partial charge in [0.15, 0.2) is 5.11 Å². The molecule has 0 aromatic carbocycles. The molecule has 18 heavy (non-hydrogen) atoms. The Hall–Kier alpha value is -2.01. The van der Waals surface area contributed by atoms with Gasteiger partial charge in [-0.15, -0.1) is 0 Å². The minimum Gasteiger partial charge on any atom is -0.317 e. The van der Waals surface area contributed by atoms with Crippen LogP contribution in [0.2, 0.25) is 0 Å². The molecule has 0 saturated carbocycles. The lowest BCUT2D eigenvalue weighted by molar-refractivity contribution is 1.27. The zero-order valence-corrected chi connectivity index (χ0v) is 11.1. The fourth-order valence-corrected chi connectivity index (χ4v) is 1.68. The van der Waals surface area contributed by atoms with Crippen LogP contribution in [0.15, 0.2) is 36.7 Å². The molecule has 4 nitrogen and oxygen atoms in total. The van der Waals surface area contributed by atoms with E-state index in [4.69, 9.17) is 12.2 Å². The Labute approximate surface area is 111 Å². The number of nitrogens with zero attached hydrogens (tertiary/aromatic N) is 2. The summed E-state index contributed by atoms with van der Waals surface area (Å²) in [5, 5.41) is 6.52. The van der Waals surface area contributed by atoms with E-state index in [2.05, 4.69) is 20.6 Å². The zero-order chi connectivity index (χ0) is 13.0. The second-order valence-electron chi connectivity index (χ2n) is 4.02. The topological polar surface area (TPSA) is 49.8 Å². The Morgan fingerprint density at radius 1 is 0.944 bits per heavy atom. The summed E-state index contributed by atoms with van der Waals surface area (Å²) in [4.78, 5) is 8.36. The van der Waals surface area contributed by atoms with Gasteiger partial charge in [0.1, 0.15) is 11.6 Å². The molecular weight excluding hydrogens is 244 g/mol. The third-order valence-corrected chi connectivity index (χ3v) is 2.52. The van der Waals surface area contributed by atoms with Crippen LogP contribution in [0, 0.1) is 13.8 Å². The lowest BCUT2D eigenvalue weighted by Gasteiger charge is -2.09. The van der Waals surface area contributed by atoms with E-state index in [9.17, 15) is 0 Å². The highest BCUT2D eigenvalue weighted by atomic mass is 32.1. The summed E-state index contributed by atoms with van der Waals surface area (Å²) in [5.41, 5.74) is 2.26. The molecule has 2 heterocycles. The highest BCUT2D eigenvalue weighted by Crippen LogP contribution is 2.08. The number of anilines is 2. The minimum atomic E-state index is 0.478. The lowest BCUT2D eigenvalue weighted by Crippen LogP contribution is -2.20. The van der Waals surface area contributed by atoms with E-state index in [1.807, 2.05) is 38.1 Å². The second kappa shape index (κ2) is 5.55. The van der Waals surface area contributed by atoms with E-state index in [0.717, 1.165) is 22.8 Å². The van der Waals surface area contributed by atoms with Crippen molar-refractivity contribution in [2.24, 2.45) is 0 Å². The third kappa shape index (κ3) is 3.49. The number of aromatic nitrogens is 2. The Kier molecular flexibility index (Phi) is 3.84. The number of hydrogen-bond acceptors (Lipinski definition) is 3. The molecule has 0 saturated heterocycles. The second-order valence-corrected chi connectivity index (χ2v) is 4.42. The molecule has 0 spiro atoms. The van der Waals surface area contributed by atoms with Crippen molar-refractivity contribution in [1.29, 1.82) is 0 Å². The highest BCUT2D eigenvalue weighted by Gasteiger charge is 2.01. The largest absolute Gasteiger partial charge is 0.317 e. The maximum atomic E-state index is 5.20. The predicted molar refractivity (Wildman–Crippen MR) is 77.8 cm³/mol. The van der Waals surface area contributed by atoms with Gasteiger partial charge in [0.05, 0.1) is 0 Å². The van der Waals surface area contributed by atoms with Crippen molar-refractivity contribution < 1.29 is 0 Å². The Bertz CT molecular complexity index is 519. The first-order valence-corrected chi connectivity index (χ1v) is 5.97. The van der Waals surface area contributed by atoms with Crippen LogP contribution in [0.1, 0.15) is 11.1 Å². The fourth-order valence-electron chi connectivity index (χ4n) is 1.47. The lowest BCUT2D eigenvalue weighted by atomic mass is 10.3. The number of hydrogen-bond donors (Lipinski definition) is 2. The zero-order valence-electron chi connectivity index (χ0n) is 10.3. The molecule has 2 N–H and O–H groups in total. The van der Waals surface area contributed by atoms with Crippen LogP contribution in [0.3, 0.4) is 0 Å². The van der Waals surface area contributed by atoms with E-state index in [-0.39, 0.29) is 0 Å². The van der Waals surface area contributed by atoms with Crippen LogP contribution >= 0.6 is 12.2 Å². The summed E-state index contributed by atoms with van der Waals surface area (Å²) < 4.78 is 0. The number of aryl methyl sites for hydroxylation is 2. The summed E-state index contributed by atoms with van der Waals surface area (Å²) in [6, 6.07) is 7.73. The van der Waals surface area contributed by atoms with Crippen molar-refractivity contribution in [3.8, 4) is 0 Å². The molecule has 0 bridgehead atoms.